The van der Waals surface area contributed by atoms with E-state index < -0.39 is 0 Å². The predicted molar refractivity (Wildman–Crippen MR) is 93.9 cm³/mol. The summed E-state index contributed by atoms with van der Waals surface area (Å²) in [5.74, 6) is 0. The monoisotopic (exact) mass is 343 g/mol. The van der Waals surface area contributed by atoms with Crippen molar-refractivity contribution in [1.29, 1.82) is 0 Å². The number of nitrogens with one attached hydrogen (secondary N) is 1. The fraction of sp³-hybridized carbons (Fsp3) is 0.500. The largest absolute Gasteiger partial charge is 0.376 e. The van der Waals surface area contributed by atoms with E-state index in [4.69, 9.17) is 4.74 Å². The van der Waals surface area contributed by atoms with Crippen LogP contribution in [0.5, 0.6) is 0 Å². The van der Waals surface area contributed by atoms with Gasteiger partial charge in [0.1, 0.15) is 0 Å². The van der Waals surface area contributed by atoms with Crippen molar-refractivity contribution in [2.75, 3.05) is 19.7 Å². The van der Waals surface area contributed by atoms with Gasteiger partial charge in [0.2, 0.25) is 0 Å². The maximum absolute atomic E-state index is 12.6. The molecular formula is C18H25N5O2. The Kier molecular flexibility index (Phi) is 6.39. The van der Waals surface area contributed by atoms with Crippen molar-refractivity contribution in [2.45, 2.75) is 38.5 Å². The van der Waals surface area contributed by atoms with Gasteiger partial charge < -0.3 is 19.5 Å². The highest BCUT2D eigenvalue weighted by Crippen LogP contribution is 2.11. The van der Waals surface area contributed by atoms with Crippen LogP contribution in [0, 0.1) is 0 Å². The second-order valence-corrected chi connectivity index (χ2v) is 6.26. The molecule has 0 saturated carbocycles. The van der Waals surface area contributed by atoms with Crippen molar-refractivity contribution in [3.8, 4) is 0 Å². The first-order chi connectivity index (χ1) is 12.3. The zero-order valence-electron chi connectivity index (χ0n) is 14.4. The zero-order chi connectivity index (χ0) is 17.3. The van der Waals surface area contributed by atoms with Gasteiger partial charge in [-0.3, -0.25) is 4.98 Å². The number of pyridine rings is 1. The topological polar surface area (TPSA) is 72.3 Å². The number of imidazole rings is 1. The van der Waals surface area contributed by atoms with Crippen molar-refractivity contribution in [3.05, 3.63) is 48.8 Å². The van der Waals surface area contributed by atoms with E-state index in [1.54, 1.807) is 24.9 Å². The second-order valence-electron chi connectivity index (χ2n) is 6.26. The highest BCUT2D eigenvalue weighted by Gasteiger charge is 2.19. The predicted octanol–water partition coefficient (Wildman–Crippen LogP) is 2.06. The molecule has 0 spiro atoms. The number of ether oxygens (including phenoxy) is 1. The third kappa shape index (κ3) is 5.56. The Bertz CT molecular complexity index is 626. The lowest BCUT2D eigenvalue weighted by atomic mass is 10.2. The van der Waals surface area contributed by atoms with Crippen LogP contribution < -0.4 is 5.32 Å². The number of carbonyl (C=O) groups is 1. The van der Waals surface area contributed by atoms with Gasteiger partial charge in [0.15, 0.2) is 0 Å². The van der Waals surface area contributed by atoms with Gasteiger partial charge in [0, 0.05) is 57.6 Å². The first-order valence-electron chi connectivity index (χ1n) is 8.80. The number of hydrogen-bond acceptors (Lipinski definition) is 4. The summed E-state index contributed by atoms with van der Waals surface area (Å²) in [5.41, 5.74) is 1.03. The van der Waals surface area contributed by atoms with Gasteiger partial charge in [-0.1, -0.05) is 6.07 Å². The zero-order valence-corrected chi connectivity index (χ0v) is 14.4. The van der Waals surface area contributed by atoms with Crippen molar-refractivity contribution >= 4 is 6.03 Å². The summed E-state index contributed by atoms with van der Waals surface area (Å²) in [5, 5.41) is 3.01. The van der Waals surface area contributed by atoms with Crippen LogP contribution in [0.4, 0.5) is 4.79 Å². The molecule has 0 radical (unpaired) electrons. The molecule has 3 rings (SSSR count). The molecule has 2 aromatic heterocycles. The Morgan fingerprint density at radius 3 is 3.08 bits per heavy atom. The highest BCUT2D eigenvalue weighted by molar-refractivity contribution is 5.74. The number of rotatable bonds is 8. The first-order valence-corrected chi connectivity index (χ1v) is 8.80. The fourth-order valence-corrected chi connectivity index (χ4v) is 2.95. The van der Waals surface area contributed by atoms with Crippen LogP contribution in [0.1, 0.15) is 24.8 Å². The quantitative estimate of drug-likeness (QED) is 0.796. The van der Waals surface area contributed by atoms with Crippen molar-refractivity contribution in [3.63, 3.8) is 0 Å². The molecule has 3 heterocycles. The summed E-state index contributed by atoms with van der Waals surface area (Å²) < 4.78 is 7.60. The average Bonchev–Trinajstić information content (AvgIpc) is 3.33. The molecule has 7 heteroatoms. The van der Waals surface area contributed by atoms with Gasteiger partial charge in [0.05, 0.1) is 12.4 Å². The number of aryl methyl sites for hydroxylation is 1. The minimum Gasteiger partial charge on any atom is -0.376 e. The molecule has 1 N–H and O–H groups in total. The van der Waals surface area contributed by atoms with E-state index in [0.717, 1.165) is 38.0 Å². The maximum Gasteiger partial charge on any atom is 0.317 e. The van der Waals surface area contributed by atoms with Gasteiger partial charge in [-0.15, -0.1) is 0 Å². The minimum atomic E-state index is -0.0509. The molecule has 7 nitrogen and oxygen atoms in total. The van der Waals surface area contributed by atoms with Crippen molar-refractivity contribution in [1.82, 2.24) is 24.8 Å². The van der Waals surface area contributed by atoms with E-state index in [1.807, 2.05) is 27.8 Å². The Morgan fingerprint density at radius 2 is 2.36 bits per heavy atom. The molecule has 0 aromatic carbocycles. The second kappa shape index (κ2) is 9.17. The minimum absolute atomic E-state index is 0.0509. The van der Waals surface area contributed by atoms with Crippen LogP contribution in [-0.4, -0.2) is 51.3 Å². The van der Waals surface area contributed by atoms with E-state index in [1.165, 1.54) is 0 Å². The molecule has 134 valence electrons. The molecule has 0 aliphatic carbocycles. The Labute approximate surface area is 148 Å². The Morgan fingerprint density at radius 1 is 1.40 bits per heavy atom. The molecular weight excluding hydrogens is 318 g/mol. The van der Waals surface area contributed by atoms with E-state index in [9.17, 15) is 4.79 Å². The van der Waals surface area contributed by atoms with Crippen LogP contribution in [0.15, 0.2) is 43.2 Å². The number of nitrogens with zero attached hydrogens (tertiary/aromatic N) is 4. The summed E-state index contributed by atoms with van der Waals surface area (Å²) in [4.78, 5) is 22.6. The fourth-order valence-electron chi connectivity index (χ4n) is 2.95. The first kappa shape index (κ1) is 17.4. The lowest BCUT2D eigenvalue weighted by molar-refractivity contribution is 0.108. The van der Waals surface area contributed by atoms with E-state index >= 15 is 0 Å². The molecule has 0 bridgehead atoms. The van der Waals surface area contributed by atoms with E-state index in [2.05, 4.69) is 15.3 Å². The summed E-state index contributed by atoms with van der Waals surface area (Å²) >= 11 is 0. The van der Waals surface area contributed by atoms with Crippen LogP contribution in [-0.2, 0) is 17.8 Å². The summed E-state index contributed by atoms with van der Waals surface area (Å²) in [6.45, 7) is 3.43. The average molecular weight is 343 g/mol. The molecule has 2 aromatic rings. The van der Waals surface area contributed by atoms with Crippen LogP contribution >= 0.6 is 0 Å². The molecule has 2 amide bonds. The van der Waals surface area contributed by atoms with Crippen LogP contribution in [0.2, 0.25) is 0 Å². The maximum atomic E-state index is 12.6. The van der Waals surface area contributed by atoms with Gasteiger partial charge in [-0.2, -0.15) is 0 Å². The van der Waals surface area contributed by atoms with Crippen molar-refractivity contribution < 1.29 is 9.53 Å². The molecule has 1 aliphatic rings. The molecule has 1 aliphatic heterocycles. The Balaban J connectivity index is 1.53. The lowest BCUT2D eigenvalue weighted by Gasteiger charge is -2.24. The van der Waals surface area contributed by atoms with Crippen molar-refractivity contribution in [2.24, 2.45) is 0 Å². The third-order valence-electron chi connectivity index (χ3n) is 4.29. The SMILES string of the molecule is O=C(NC[C@@H]1CCCO1)N(CCCn1ccnc1)Cc1cccnc1. The molecule has 1 atom stereocenters. The number of hydrogen-bond donors (Lipinski definition) is 1. The molecule has 0 unspecified atom stereocenters. The van der Waals surface area contributed by atoms with E-state index in [0.29, 0.717) is 19.6 Å². The number of carbonyl (C=O) groups excluding carboxylic acids is 1. The standard InChI is InChI=1S/C18H25N5O2/c24-18(21-13-17-5-2-11-25-17)23(14-16-4-1-6-19-12-16)9-3-8-22-10-7-20-15-22/h1,4,6-7,10,12,15,17H,2-3,5,8-9,11,13-14H2,(H,21,24)/t17-/m0/s1. The normalized spacial score (nSPS) is 16.7. The molecule has 1 saturated heterocycles. The summed E-state index contributed by atoms with van der Waals surface area (Å²) in [6.07, 6.45) is 12.1. The van der Waals surface area contributed by atoms with E-state index in [-0.39, 0.29) is 12.1 Å². The smallest absolute Gasteiger partial charge is 0.317 e. The summed E-state index contributed by atoms with van der Waals surface area (Å²) in [7, 11) is 0. The Hall–Kier alpha value is -2.41. The summed E-state index contributed by atoms with van der Waals surface area (Å²) in [6, 6.07) is 3.83. The number of urea groups is 1. The lowest BCUT2D eigenvalue weighted by Crippen LogP contribution is -2.43. The molecule has 1 fully saturated rings. The molecule has 25 heavy (non-hydrogen) atoms. The number of amides is 2. The van der Waals surface area contributed by atoms with Gasteiger partial charge in [-0.25, -0.2) is 9.78 Å². The van der Waals surface area contributed by atoms with Gasteiger partial charge >= 0.3 is 6.03 Å². The van der Waals surface area contributed by atoms with Gasteiger partial charge in [0.25, 0.3) is 0 Å². The van der Waals surface area contributed by atoms with Crippen LogP contribution in [0.3, 0.4) is 0 Å². The van der Waals surface area contributed by atoms with Crippen LogP contribution in [0.25, 0.3) is 0 Å². The third-order valence-corrected chi connectivity index (χ3v) is 4.29. The highest BCUT2D eigenvalue weighted by atomic mass is 16.5. The number of aromatic nitrogens is 3. The van der Waals surface area contributed by atoms with Gasteiger partial charge in [-0.05, 0) is 30.9 Å².